The molecule has 4 aliphatic rings. The van der Waals surface area contributed by atoms with Crippen LogP contribution in [0.2, 0.25) is 0 Å². The standard InChI is InChI=1S/C27H34F3N3O2/c1-26-10-8-18-17-9-11-27(35,25(29)30)13-15(17)2-4-19(18)20(26)5-6-21(26)24(34)14-33-31-22-7-3-16(28)12-23(22)32-33/h3,7,12,15,17-21,25,35H,2,4-6,8-11,13-14H2,1H3/t15-,17+,18-,19-,20+,21-,26?,27-/m1/s1. The van der Waals surface area contributed by atoms with Crippen molar-refractivity contribution < 1.29 is 23.1 Å². The smallest absolute Gasteiger partial charge is 0.266 e. The Morgan fingerprint density at radius 2 is 1.83 bits per heavy atom. The van der Waals surface area contributed by atoms with Crippen molar-refractivity contribution in [2.75, 3.05) is 0 Å². The van der Waals surface area contributed by atoms with Crippen molar-refractivity contribution in [1.82, 2.24) is 15.0 Å². The van der Waals surface area contributed by atoms with Crippen molar-refractivity contribution in [1.29, 1.82) is 0 Å². The number of hydrogen-bond acceptors (Lipinski definition) is 4. The Kier molecular flexibility index (Phi) is 5.55. The Labute approximate surface area is 203 Å². The lowest BCUT2D eigenvalue weighted by atomic mass is 9.49. The number of ketones is 1. The van der Waals surface area contributed by atoms with Crippen LogP contribution in [0.3, 0.4) is 0 Å². The Bertz CT molecular complexity index is 1140. The monoisotopic (exact) mass is 489 g/mol. The summed E-state index contributed by atoms with van der Waals surface area (Å²) in [6.07, 6.45) is 4.32. The molecule has 1 N–H and O–H groups in total. The predicted molar refractivity (Wildman–Crippen MR) is 124 cm³/mol. The van der Waals surface area contributed by atoms with Crippen LogP contribution in [0.15, 0.2) is 18.2 Å². The number of hydrogen-bond donors (Lipinski definition) is 1. The highest BCUT2D eigenvalue weighted by Crippen LogP contribution is 2.65. The average Bonchev–Trinajstić information content (AvgIpc) is 3.38. The first kappa shape index (κ1) is 23.4. The fraction of sp³-hybridized carbons (Fsp3) is 0.741. The van der Waals surface area contributed by atoms with Crippen LogP contribution in [0, 0.1) is 46.7 Å². The van der Waals surface area contributed by atoms with Gasteiger partial charge in [-0.2, -0.15) is 15.0 Å². The van der Waals surface area contributed by atoms with Gasteiger partial charge in [-0.25, -0.2) is 13.2 Å². The summed E-state index contributed by atoms with van der Waals surface area (Å²) in [5, 5.41) is 19.1. The molecule has 1 aromatic heterocycles. The van der Waals surface area contributed by atoms with Crippen LogP contribution in [0.1, 0.15) is 64.7 Å². The molecular weight excluding hydrogens is 455 g/mol. The second kappa shape index (κ2) is 8.29. The van der Waals surface area contributed by atoms with Crippen LogP contribution >= 0.6 is 0 Å². The number of carbonyl (C=O) groups is 1. The van der Waals surface area contributed by atoms with E-state index in [9.17, 15) is 23.1 Å². The molecular formula is C27H34F3N3O2. The van der Waals surface area contributed by atoms with E-state index in [4.69, 9.17) is 0 Å². The molecule has 8 heteroatoms. The van der Waals surface area contributed by atoms with Crippen molar-refractivity contribution >= 4 is 16.8 Å². The van der Waals surface area contributed by atoms with E-state index in [-0.39, 0.29) is 48.2 Å². The zero-order valence-electron chi connectivity index (χ0n) is 20.2. The lowest BCUT2D eigenvalue weighted by Gasteiger charge is -2.57. The van der Waals surface area contributed by atoms with E-state index in [2.05, 4.69) is 17.1 Å². The lowest BCUT2D eigenvalue weighted by molar-refractivity contribution is -0.160. The van der Waals surface area contributed by atoms with Gasteiger partial charge < -0.3 is 5.11 Å². The highest BCUT2D eigenvalue weighted by molar-refractivity contribution is 5.82. The molecule has 4 aliphatic carbocycles. The fourth-order valence-electron chi connectivity index (χ4n) is 8.89. The van der Waals surface area contributed by atoms with Crippen LogP contribution in [0.25, 0.3) is 11.0 Å². The van der Waals surface area contributed by atoms with Crippen LogP contribution < -0.4 is 0 Å². The number of benzene rings is 1. The SMILES string of the molecule is CC12CC[C@H]3[C@@H](CC[C@@H]4C[C@@](O)(C(F)F)CC[C@@H]43)[C@@H]1CC[C@@H]2C(=O)Cn1nc2ccc(F)cc2n1. The summed E-state index contributed by atoms with van der Waals surface area (Å²) in [6.45, 7) is 2.39. The number of aliphatic hydroxyl groups is 1. The van der Waals surface area contributed by atoms with Gasteiger partial charge in [-0.3, -0.25) is 4.79 Å². The number of alkyl halides is 2. The molecule has 0 radical (unpaired) electrons. The molecule has 2 aromatic rings. The van der Waals surface area contributed by atoms with E-state index in [1.807, 2.05) is 0 Å². The van der Waals surface area contributed by atoms with Crippen molar-refractivity contribution in [3.8, 4) is 0 Å². The third-order valence-corrected chi connectivity index (χ3v) is 10.5. The number of nitrogens with zero attached hydrogens (tertiary/aromatic N) is 3. The second-order valence-electron chi connectivity index (χ2n) is 12.1. The number of halogens is 3. The minimum atomic E-state index is -2.67. The molecule has 0 amide bonds. The van der Waals surface area contributed by atoms with Gasteiger partial charge in [0.15, 0.2) is 5.78 Å². The molecule has 8 atom stereocenters. The normalized spacial score (nSPS) is 41.0. The van der Waals surface area contributed by atoms with Gasteiger partial charge in [0.25, 0.3) is 6.43 Å². The molecule has 1 unspecified atom stereocenters. The summed E-state index contributed by atoms with van der Waals surface area (Å²) >= 11 is 0. The third kappa shape index (κ3) is 3.73. The lowest BCUT2D eigenvalue weighted by Crippen LogP contribution is -2.53. The largest absolute Gasteiger partial charge is 0.384 e. The predicted octanol–water partition coefficient (Wildman–Crippen LogP) is 5.40. The highest BCUT2D eigenvalue weighted by Gasteiger charge is 2.59. The molecule has 0 spiro atoms. The first-order valence-electron chi connectivity index (χ1n) is 13.2. The average molecular weight is 490 g/mol. The maximum absolute atomic E-state index is 13.5. The summed E-state index contributed by atoms with van der Waals surface area (Å²) < 4.78 is 40.4. The molecule has 1 heterocycles. The van der Waals surface area contributed by atoms with E-state index >= 15 is 0 Å². The molecule has 1 aromatic carbocycles. The van der Waals surface area contributed by atoms with Gasteiger partial charge in [0.05, 0.1) is 0 Å². The Balaban J connectivity index is 1.16. The minimum absolute atomic E-state index is 0.0349. The van der Waals surface area contributed by atoms with Gasteiger partial charge in [0, 0.05) is 12.0 Å². The zero-order valence-corrected chi connectivity index (χ0v) is 20.2. The van der Waals surface area contributed by atoms with E-state index in [0.717, 1.165) is 38.5 Å². The van der Waals surface area contributed by atoms with Gasteiger partial charge in [-0.1, -0.05) is 6.92 Å². The van der Waals surface area contributed by atoms with Gasteiger partial charge in [-0.05, 0) is 105 Å². The number of Topliss-reactive ketones (excluding diaryl/α,β-unsaturated/α-hetero) is 1. The molecule has 4 saturated carbocycles. The van der Waals surface area contributed by atoms with E-state index in [0.29, 0.717) is 41.1 Å². The van der Waals surface area contributed by atoms with Crippen LogP contribution in [0.5, 0.6) is 0 Å². The molecule has 6 rings (SSSR count). The molecule has 0 saturated heterocycles. The minimum Gasteiger partial charge on any atom is -0.384 e. The van der Waals surface area contributed by atoms with Gasteiger partial charge in [-0.15, -0.1) is 0 Å². The second-order valence-corrected chi connectivity index (χ2v) is 12.1. The Morgan fingerprint density at radius 1 is 1.06 bits per heavy atom. The van der Waals surface area contributed by atoms with Crippen molar-refractivity contribution in [3.05, 3.63) is 24.0 Å². The summed E-state index contributed by atoms with van der Waals surface area (Å²) in [6, 6.07) is 4.26. The van der Waals surface area contributed by atoms with Crippen molar-refractivity contribution in [2.24, 2.45) is 40.9 Å². The first-order chi connectivity index (χ1) is 16.7. The van der Waals surface area contributed by atoms with Gasteiger partial charge >= 0.3 is 0 Å². The quantitative estimate of drug-likeness (QED) is 0.624. The molecule has 0 aliphatic heterocycles. The van der Waals surface area contributed by atoms with E-state index in [1.54, 1.807) is 6.07 Å². The number of carbonyl (C=O) groups excluding carboxylic acids is 1. The summed E-state index contributed by atoms with van der Waals surface area (Å²) in [4.78, 5) is 14.9. The maximum atomic E-state index is 13.5. The number of aromatic nitrogens is 3. The summed E-state index contributed by atoms with van der Waals surface area (Å²) in [5.41, 5.74) is -0.823. The summed E-state index contributed by atoms with van der Waals surface area (Å²) in [7, 11) is 0. The molecule has 5 nitrogen and oxygen atoms in total. The molecule has 4 fully saturated rings. The third-order valence-electron chi connectivity index (χ3n) is 10.5. The van der Waals surface area contributed by atoms with Crippen molar-refractivity contribution in [2.45, 2.75) is 83.3 Å². The highest BCUT2D eigenvalue weighted by atomic mass is 19.3. The van der Waals surface area contributed by atoms with E-state index < -0.39 is 12.0 Å². The van der Waals surface area contributed by atoms with Crippen LogP contribution in [-0.2, 0) is 11.3 Å². The Morgan fingerprint density at radius 3 is 2.63 bits per heavy atom. The number of rotatable bonds is 4. The molecule has 190 valence electrons. The zero-order chi connectivity index (χ0) is 24.5. The van der Waals surface area contributed by atoms with Crippen molar-refractivity contribution in [3.63, 3.8) is 0 Å². The van der Waals surface area contributed by atoms with Gasteiger partial charge in [0.1, 0.15) is 29.0 Å². The topological polar surface area (TPSA) is 68.0 Å². The van der Waals surface area contributed by atoms with Gasteiger partial charge in [0.2, 0.25) is 0 Å². The molecule has 35 heavy (non-hydrogen) atoms. The number of fused-ring (bicyclic) bond motifs is 6. The van der Waals surface area contributed by atoms with Crippen LogP contribution in [-0.4, -0.2) is 37.9 Å². The maximum Gasteiger partial charge on any atom is 0.266 e. The summed E-state index contributed by atoms with van der Waals surface area (Å²) in [5.74, 6) is 1.91. The molecule has 0 bridgehead atoms. The fourth-order valence-corrected chi connectivity index (χ4v) is 8.89. The van der Waals surface area contributed by atoms with E-state index in [1.165, 1.54) is 16.9 Å². The van der Waals surface area contributed by atoms with Crippen LogP contribution in [0.4, 0.5) is 13.2 Å². The first-order valence-corrected chi connectivity index (χ1v) is 13.2. The Hall–Kier alpha value is -1.96.